The highest BCUT2D eigenvalue weighted by Gasteiger charge is 2.23. The Morgan fingerprint density at radius 3 is 2.45 bits per heavy atom. The molecule has 1 rings (SSSR count). The summed E-state index contributed by atoms with van der Waals surface area (Å²) in [5.41, 5.74) is -0.358. The summed E-state index contributed by atoms with van der Waals surface area (Å²) in [6.07, 6.45) is 0. The molecule has 0 radical (unpaired) electrons. The first kappa shape index (κ1) is 16.6. The van der Waals surface area contributed by atoms with Gasteiger partial charge in [-0.3, -0.25) is 4.79 Å². The first-order valence-electron chi connectivity index (χ1n) is 6.09. The van der Waals surface area contributed by atoms with E-state index in [2.05, 4.69) is 21.2 Å². The third kappa shape index (κ3) is 4.92. The number of hydrogen-bond donors (Lipinski definition) is 1. The summed E-state index contributed by atoms with van der Waals surface area (Å²) in [5.74, 6) is -1.45. The van der Waals surface area contributed by atoms with Crippen molar-refractivity contribution in [2.24, 2.45) is 0 Å². The molecule has 1 aromatic carbocycles. The molecule has 0 heterocycles. The summed E-state index contributed by atoms with van der Waals surface area (Å²) in [6.45, 7) is 6.77. The highest BCUT2D eigenvalue weighted by Crippen LogP contribution is 2.17. The number of halogens is 2. The Kier molecular flexibility index (Phi) is 5.28. The second kappa shape index (κ2) is 6.35. The highest BCUT2D eigenvalue weighted by atomic mass is 79.9. The van der Waals surface area contributed by atoms with Crippen molar-refractivity contribution in [3.63, 3.8) is 0 Å². The van der Waals surface area contributed by atoms with E-state index >= 15 is 0 Å². The molecule has 0 bridgehead atoms. The van der Waals surface area contributed by atoms with Gasteiger partial charge < -0.3 is 10.1 Å². The van der Waals surface area contributed by atoms with E-state index in [9.17, 15) is 14.0 Å². The van der Waals surface area contributed by atoms with E-state index in [0.29, 0.717) is 0 Å². The van der Waals surface area contributed by atoms with Gasteiger partial charge in [0.05, 0.1) is 4.47 Å². The zero-order valence-corrected chi connectivity index (χ0v) is 13.4. The lowest BCUT2D eigenvalue weighted by Gasteiger charge is -2.22. The van der Waals surface area contributed by atoms with Crippen molar-refractivity contribution >= 4 is 27.8 Å². The second-order valence-electron chi connectivity index (χ2n) is 5.36. The third-order valence-corrected chi connectivity index (χ3v) is 2.90. The zero-order valence-electron chi connectivity index (χ0n) is 11.8. The number of hydrogen-bond acceptors (Lipinski definition) is 3. The van der Waals surface area contributed by atoms with Crippen LogP contribution < -0.4 is 5.32 Å². The molecule has 0 aromatic heterocycles. The van der Waals surface area contributed by atoms with Crippen LogP contribution in [0.15, 0.2) is 22.7 Å². The molecule has 1 amide bonds. The molecule has 1 aromatic rings. The first-order valence-corrected chi connectivity index (χ1v) is 6.88. The molecule has 1 atom stereocenters. The first-order chi connectivity index (χ1) is 9.10. The smallest absolute Gasteiger partial charge is 0.328 e. The summed E-state index contributed by atoms with van der Waals surface area (Å²) in [4.78, 5) is 23.7. The van der Waals surface area contributed by atoms with Crippen LogP contribution in [0.3, 0.4) is 0 Å². The van der Waals surface area contributed by atoms with Crippen LogP contribution in [0.5, 0.6) is 0 Å². The van der Waals surface area contributed by atoms with E-state index in [-0.39, 0.29) is 10.0 Å². The molecule has 0 aliphatic rings. The van der Waals surface area contributed by atoms with Gasteiger partial charge in [0.15, 0.2) is 0 Å². The number of ether oxygens (including phenoxy) is 1. The van der Waals surface area contributed by atoms with Crippen LogP contribution in [-0.4, -0.2) is 23.5 Å². The normalized spacial score (nSPS) is 12.7. The van der Waals surface area contributed by atoms with Gasteiger partial charge in [0, 0.05) is 5.56 Å². The summed E-state index contributed by atoms with van der Waals surface area (Å²) >= 11 is 3.00. The quantitative estimate of drug-likeness (QED) is 0.856. The number of amides is 1. The molecule has 110 valence electrons. The lowest BCUT2D eigenvalue weighted by Crippen LogP contribution is -2.42. The fourth-order valence-corrected chi connectivity index (χ4v) is 1.75. The molecular weight excluding hydrogens is 329 g/mol. The van der Waals surface area contributed by atoms with Crippen LogP contribution in [0.25, 0.3) is 0 Å². The van der Waals surface area contributed by atoms with Crippen LogP contribution in [0.2, 0.25) is 0 Å². The molecule has 4 nitrogen and oxygen atoms in total. The second-order valence-corrected chi connectivity index (χ2v) is 6.21. The number of esters is 1. The molecule has 20 heavy (non-hydrogen) atoms. The maximum atomic E-state index is 13.1. The summed E-state index contributed by atoms with van der Waals surface area (Å²) in [6, 6.07) is 3.09. The molecule has 0 saturated carbocycles. The van der Waals surface area contributed by atoms with E-state index < -0.39 is 29.3 Å². The third-order valence-electron chi connectivity index (χ3n) is 2.29. The van der Waals surface area contributed by atoms with E-state index in [0.717, 1.165) is 0 Å². The van der Waals surface area contributed by atoms with Crippen LogP contribution in [0, 0.1) is 5.82 Å². The monoisotopic (exact) mass is 345 g/mol. The Hall–Kier alpha value is -1.43. The molecule has 0 aliphatic heterocycles. The van der Waals surface area contributed by atoms with Crippen molar-refractivity contribution in [2.45, 2.75) is 39.3 Å². The molecule has 0 aliphatic carbocycles. The SMILES string of the molecule is C[C@H](NC(=O)c1ccc(F)c(Br)c1)C(=O)OC(C)(C)C. The Bertz CT molecular complexity index is 526. The lowest BCUT2D eigenvalue weighted by molar-refractivity contribution is -0.156. The van der Waals surface area contributed by atoms with Crippen molar-refractivity contribution < 1.29 is 18.7 Å². The Morgan fingerprint density at radius 2 is 1.95 bits per heavy atom. The minimum atomic E-state index is -0.787. The molecule has 1 N–H and O–H groups in total. The number of carbonyl (C=O) groups is 2. The van der Waals surface area contributed by atoms with Gasteiger partial charge in [-0.2, -0.15) is 0 Å². The van der Waals surface area contributed by atoms with Crippen molar-refractivity contribution in [2.75, 3.05) is 0 Å². The van der Waals surface area contributed by atoms with Gasteiger partial charge in [0.1, 0.15) is 17.5 Å². The maximum absolute atomic E-state index is 13.1. The fourth-order valence-electron chi connectivity index (χ4n) is 1.37. The Labute approximate surface area is 125 Å². The summed E-state index contributed by atoms with van der Waals surface area (Å²) in [7, 11) is 0. The van der Waals surface area contributed by atoms with Crippen molar-refractivity contribution in [3.8, 4) is 0 Å². The molecule has 0 saturated heterocycles. The minimum Gasteiger partial charge on any atom is -0.458 e. The fraction of sp³-hybridized carbons (Fsp3) is 0.429. The van der Waals surface area contributed by atoms with Crippen LogP contribution in [0.4, 0.5) is 4.39 Å². The Morgan fingerprint density at radius 1 is 1.35 bits per heavy atom. The lowest BCUT2D eigenvalue weighted by atomic mass is 10.2. The van der Waals surface area contributed by atoms with Crippen molar-refractivity contribution in [1.82, 2.24) is 5.32 Å². The number of benzene rings is 1. The number of nitrogens with one attached hydrogen (secondary N) is 1. The van der Waals surface area contributed by atoms with E-state index in [1.165, 1.54) is 25.1 Å². The van der Waals surface area contributed by atoms with Crippen LogP contribution in [0.1, 0.15) is 38.1 Å². The largest absolute Gasteiger partial charge is 0.458 e. The molecular formula is C14H17BrFNO3. The van der Waals surface area contributed by atoms with Gasteiger partial charge in [0.25, 0.3) is 5.91 Å². The van der Waals surface area contributed by atoms with E-state index in [4.69, 9.17) is 4.74 Å². The maximum Gasteiger partial charge on any atom is 0.328 e. The highest BCUT2D eigenvalue weighted by molar-refractivity contribution is 9.10. The average molecular weight is 346 g/mol. The molecule has 0 unspecified atom stereocenters. The van der Waals surface area contributed by atoms with Crippen molar-refractivity contribution in [1.29, 1.82) is 0 Å². The van der Waals surface area contributed by atoms with Gasteiger partial charge in [-0.15, -0.1) is 0 Å². The van der Waals surface area contributed by atoms with Gasteiger partial charge >= 0.3 is 5.97 Å². The number of carbonyl (C=O) groups excluding carboxylic acids is 2. The standard InChI is InChI=1S/C14H17BrFNO3/c1-8(13(19)20-14(2,3)4)17-12(18)9-5-6-11(16)10(15)7-9/h5-8H,1-4H3,(H,17,18)/t8-/m0/s1. The average Bonchev–Trinajstić information content (AvgIpc) is 2.30. The molecule has 6 heteroatoms. The van der Waals surface area contributed by atoms with Crippen molar-refractivity contribution in [3.05, 3.63) is 34.1 Å². The Balaban J connectivity index is 2.70. The zero-order chi connectivity index (χ0) is 15.5. The van der Waals surface area contributed by atoms with Gasteiger partial charge in [-0.25, -0.2) is 9.18 Å². The number of rotatable bonds is 3. The van der Waals surface area contributed by atoms with Crippen LogP contribution >= 0.6 is 15.9 Å². The summed E-state index contributed by atoms with van der Waals surface area (Å²) < 4.78 is 18.4. The predicted octanol–water partition coefficient (Wildman–Crippen LogP) is 3.05. The van der Waals surface area contributed by atoms with Gasteiger partial charge in [-0.1, -0.05) is 0 Å². The summed E-state index contributed by atoms with van der Waals surface area (Å²) in [5, 5.41) is 2.51. The van der Waals surface area contributed by atoms with Gasteiger partial charge in [0.2, 0.25) is 0 Å². The van der Waals surface area contributed by atoms with E-state index in [1.54, 1.807) is 20.8 Å². The topological polar surface area (TPSA) is 55.4 Å². The minimum absolute atomic E-state index is 0.190. The van der Waals surface area contributed by atoms with Gasteiger partial charge in [-0.05, 0) is 61.8 Å². The predicted molar refractivity (Wildman–Crippen MR) is 76.9 cm³/mol. The molecule has 0 fully saturated rings. The van der Waals surface area contributed by atoms with E-state index in [1.807, 2.05) is 0 Å². The molecule has 0 spiro atoms. The van der Waals surface area contributed by atoms with Crippen LogP contribution in [-0.2, 0) is 9.53 Å².